The van der Waals surface area contributed by atoms with Gasteiger partial charge in [0.15, 0.2) is 9.84 Å². The molecule has 2 aliphatic rings. The molecule has 0 saturated carbocycles. The molecule has 0 radical (unpaired) electrons. The predicted octanol–water partition coefficient (Wildman–Crippen LogP) is 2.41. The molecule has 1 aromatic carbocycles. The monoisotopic (exact) mass is 323 g/mol. The maximum absolute atomic E-state index is 12.0. The lowest BCUT2D eigenvalue weighted by Crippen LogP contribution is -2.26. The van der Waals surface area contributed by atoms with Gasteiger partial charge >= 0.3 is 0 Å². The van der Waals surface area contributed by atoms with Crippen LogP contribution in [0, 0.1) is 0 Å². The minimum atomic E-state index is -2.91. The number of fused-ring (bicyclic) bond motifs is 1. The van der Waals surface area contributed by atoms with E-state index in [4.69, 9.17) is 4.74 Å². The van der Waals surface area contributed by atoms with Crippen molar-refractivity contribution in [2.24, 2.45) is 0 Å². The topological polar surface area (TPSA) is 46.6 Å². The van der Waals surface area contributed by atoms with Crippen molar-refractivity contribution in [3.05, 3.63) is 29.3 Å². The van der Waals surface area contributed by atoms with Gasteiger partial charge in [0.1, 0.15) is 11.4 Å². The molecule has 122 valence electrons. The summed E-state index contributed by atoms with van der Waals surface area (Å²) in [6.45, 7) is 8.33. The van der Waals surface area contributed by atoms with Crippen LogP contribution in [0.25, 0.3) is 0 Å². The summed E-state index contributed by atoms with van der Waals surface area (Å²) >= 11 is 0. The molecule has 2 aliphatic heterocycles. The maximum Gasteiger partial charge on any atom is 0.154 e. The molecule has 0 aliphatic carbocycles. The lowest BCUT2D eigenvalue weighted by Gasteiger charge is -2.19. The number of ether oxygens (including phenoxy) is 1. The molecule has 0 bridgehead atoms. The summed E-state index contributed by atoms with van der Waals surface area (Å²) in [4.78, 5) is 2.25. The second-order valence-corrected chi connectivity index (χ2v) is 9.76. The van der Waals surface area contributed by atoms with Crippen molar-refractivity contribution in [1.29, 1.82) is 0 Å². The predicted molar refractivity (Wildman–Crippen MR) is 88.0 cm³/mol. The van der Waals surface area contributed by atoms with Crippen LogP contribution < -0.4 is 4.74 Å². The van der Waals surface area contributed by atoms with E-state index in [1.54, 1.807) is 0 Å². The standard InChI is InChI=1S/C17H25NO3S/c1-13-6-7-18(8-9-22(13,19)20)12-14-4-5-16-15(10-14)11-17(2,3)21-16/h4-5,10,13H,6-9,11-12H2,1-3H3. The molecular formula is C17H25NO3S. The molecule has 1 unspecified atom stereocenters. The molecule has 1 atom stereocenters. The molecule has 4 nitrogen and oxygen atoms in total. The van der Waals surface area contributed by atoms with Gasteiger partial charge in [-0.2, -0.15) is 0 Å². The van der Waals surface area contributed by atoms with E-state index in [9.17, 15) is 8.42 Å². The second kappa shape index (κ2) is 5.53. The highest BCUT2D eigenvalue weighted by Gasteiger charge is 2.30. The molecule has 0 amide bonds. The van der Waals surface area contributed by atoms with Crippen molar-refractivity contribution in [3.8, 4) is 5.75 Å². The van der Waals surface area contributed by atoms with Gasteiger partial charge in [0.2, 0.25) is 0 Å². The number of hydrogen-bond acceptors (Lipinski definition) is 4. The third-order valence-corrected chi connectivity index (χ3v) is 6.90. The Morgan fingerprint density at radius 2 is 2.09 bits per heavy atom. The summed E-state index contributed by atoms with van der Waals surface area (Å²) in [6.07, 6.45) is 1.66. The largest absolute Gasteiger partial charge is 0.487 e. The number of hydrogen-bond donors (Lipinski definition) is 0. The van der Waals surface area contributed by atoms with Crippen LogP contribution in [0.2, 0.25) is 0 Å². The van der Waals surface area contributed by atoms with Gasteiger partial charge in [0.25, 0.3) is 0 Å². The van der Waals surface area contributed by atoms with Crippen molar-refractivity contribution in [2.45, 2.75) is 51.0 Å². The van der Waals surface area contributed by atoms with Crippen LogP contribution in [0.5, 0.6) is 5.75 Å². The first-order valence-electron chi connectivity index (χ1n) is 8.00. The van der Waals surface area contributed by atoms with Gasteiger partial charge in [0.05, 0.1) is 11.0 Å². The molecule has 22 heavy (non-hydrogen) atoms. The van der Waals surface area contributed by atoms with E-state index in [-0.39, 0.29) is 16.6 Å². The lowest BCUT2D eigenvalue weighted by molar-refractivity contribution is 0.138. The summed E-state index contributed by atoms with van der Waals surface area (Å²) in [6, 6.07) is 6.37. The average molecular weight is 323 g/mol. The molecule has 3 rings (SSSR count). The number of rotatable bonds is 2. The van der Waals surface area contributed by atoms with Gasteiger partial charge < -0.3 is 4.74 Å². The minimum Gasteiger partial charge on any atom is -0.487 e. The van der Waals surface area contributed by atoms with E-state index in [1.165, 1.54) is 11.1 Å². The minimum absolute atomic E-state index is 0.118. The van der Waals surface area contributed by atoms with Gasteiger partial charge in [-0.15, -0.1) is 0 Å². The fraction of sp³-hybridized carbons (Fsp3) is 0.647. The first-order chi connectivity index (χ1) is 10.3. The summed E-state index contributed by atoms with van der Waals surface area (Å²) in [5.74, 6) is 1.26. The molecule has 5 heteroatoms. The van der Waals surface area contributed by atoms with E-state index in [2.05, 4.69) is 36.9 Å². The Kier molecular flexibility index (Phi) is 3.98. The lowest BCUT2D eigenvalue weighted by atomic mass is 10.00. The Balaban J connectivity index is 1.70. The zero-order chi connectivity index (χ0) is 16.0. The van der Waals surface area contributed by atoms with Crippen molar-refractivity contribution in [3.63, 3.8) is 0 Å². The van der Waals surface area contributed by atoms with E-state index in [0.29, 0.717) is 6.54 Å². The number of nitrogens with zero attached hydrogens (tertiary/aromatic N) is 1. The average Bonchev–Trinajstić information content (AvgIpc) is 2.67. The molecule has 1 fully saturated rings. The quantitative estimate of drug-likeness (QED) is 0.838. The smallest absolute Gasteiger partial charge is 0.154 e. The van der Waals surface area contributed by atoms with Crippen LogP contribution in [-0.2, 0) is 22.8 Å². The van der Waals surface area contributed by atoms with Crippen LogP contribution in [0.1, 0.15) is 38.3 Å². The van der Waals surface area contributed by atoms with Gasteiger partial charge in [-0.1, -0.05) is 12.1 Å². The first-order valence-corrected chi connectivity index (χ1v) is 9.71. The zero-order valence-corrected chi connectivity index (χ0v) is 14.4. The third-order valence-electron chi connectivity index (χ3n) is 4.69. The van der Waals surface area contributed by atoms with E-state index >= 15 is 0 Å². The Hall–Kier alpha value is -1.07. The number of benzene rings is 1. The summed E-state index contributed by atoms with van der Waals surface area (Å²) < 4.78 is 29.9. The third kappa shape index (κ3) is 3.30. The number of sulfone groups is 1. The van der Waals surface area contributed by atoms with Crippen LogP contribution >= 0.6 is 0 Å². The summed E-state index contributed by atoms with van der Waals surface area (Å²) in [7, 11) is -2.91. The Morgan fingerprint density at radius 3 is 2.86 bits per heavy atom. The fourth-order valence-electron chi connectivity index (χ4n) is 3.29. The molecule has 0 spiro atoms. The van der Waals surface area contributed by atoms with Crippen molar-refractivity contribution >= 4 is 9.84 Å². The zero-order valence-electron chi connectivity index (χ0n) is 13.6. The highest BCUT2D eigenvalue weighted by atomic mass is 32.2. The Bertz CT molecular complexity index is 666. The summed E-state index contributed by atoms with van der Waals surface area (Å²) in [5.41, 5.74) is 2.39. The van der Waals surface area contributed by atoms with E-state index in [0.717, 1.165) is 31.7 Å². The SMILES string of the molecule is CC1CCN(Cc2ccc3c(c2)CC(C)(C)O3)CCS1(=O)=O. The van der Waals surface area contributed by atoms with Crippen LogP contribution in [0.3, 0.4) is 0 Å². The Morgan fingerprint density at radius 1 is 1.32 bits per heavy atom. The highest BCUT2D eigenvalue weighted by Crippen LogP contribution is 2.35. The summed E-state index contributed by atoms with van der Waals surface area (Å²) in [5, 5.41) is -0.216. The van der Waals surface area contributed by atoms with Gasteiger partial charge in [-0.3, -0.25) is 4.90 Å². The van der Waals surface area contributed by atoms with E-state index < -0.39 is 9.84 Å². The van der Waals surface area contributed by atoms with Gasteiger partial charge in [-0.05, 0) is 50.9 Å². The molecule has 1 aromatic rings. The molecule has 1 saturated heterocycles. The molecule has 0 aromatic heterocycles. The van der Waals surface area contributed by atoms with Gasteiger partial charge in [0, 0.05) is 19.5 Å². The highest BCUT2D eigenvalue weighted by molar-refractivity contribution is 7.92. The maximum atomic E-state index is 12.0. The van der Waals surface area contributed by atoms with Crippen LogP contribution in [-0.4, -0.2) is 43.0 Å². The normalized spacial score (nSPS) is 27.0. The first kappa shape index (κ1) is 15.8. The van der Waals surface area contributed by atoms with E-state index in [1.807, 2.05) is 6.92 Å². The van der Waals surface area contributed by atoms with Gasteiger partial charge in [-0.25, -0.2) is 8.42 Å². The fourth-order valence-corrected chi connectivity index (χ4v) is 4.67. The molecule has 2 heterocycles. The molecule has 0 N–H and O–H groups in total. The van der Waals surface area contributed by atoms with Crippen LogP contribution in [0.15, 0.2) is 18.2 Å². The Labute approximate surface area is 133 Å². The second-order valence-electron chi connectivity index (χ2n) is 7.22. The molecular weight excluding hydrogens is 298 g/mol. The van der Waals surface area contributed by atoms with Crippen LogP contribution in [0.4, 0.5) is 0 Å². The van der Waals surface area contributed by atoms with Crippen molar-refractivity contribution < 1.29 is 13.2 Å². The van der Waals surface area contributed by atoms with Crippen molar-refractivity contribution in [2.75, 3.05) is 18.8 Å². The van der Waals surface area contributed by atoms with Crippen molar-refractivity contribution in [1.82, 2.24) is 4.90 Å².